The number of piperidine rings is 1. The first-order valence-electron chi connectivity index (χ1n) is 11.3. The van der Waals surface area contributed by atoms with Crippen molar-refractivity contribution < 1.29 is 4.79 Å². The fraction of sp³-hybridized carbons (Fsp3) is 0.652. The molecule has 3 rings (SSSR count). The van der Waals surface area contributed by atoms with Crippen molar-refractivity contribution in [3.63, 3.8) is 0 Å². The number of carbonyl (C=O) groups is 1. The summed E-state index contributed by atoms with van der Waals surface area (Å²) < 4.78 is 0. The van der Waals surface area contributed by atoms with Gasteiger partial charge in [-0.2, -0.15) is 0 Å². The molecule has 1 atom stereocenters. The van der Waals surface area contributed by atoms with E-state index in [1.165, 1.54) is 24.8 Å². The van der Waals surface area contributed by atoms with Gasteiger partial charge >= 0.3 is 0 Å². The number of carbonyl (C=O) groups excluding carboxylic acids is 1. The van der Waals surface area contributed by atoms with Gasteiger partial charge in [0.05, 0.1) is 6.54 Å². The third-order valence-corrected chi connectivity index (χ3v) is 5.85. The highest BCUT2D eigenvalue weighted by molar-refractivity contribution is 14.0. The maximum Gasteiger partial charge on any atom is 0.222 e. The second kappa shape index (κ2) is 13.9. The van der Waals surface area contributed by atoms with E-state index in [0.29, 0.717) is 11.9 Å². The maximum absolute atomic E-state index is 11.7. The van der Waals surface area contributed by atoms with Crippen LogP contribution >= 0.6 is 24.0 Å². The first-order chi connectivity index (χ1) is 14.3. The van der Waals surface area contributed by atoms with E-state index >= 15 is 0 Å². The van der Waals surface area contributed by atoms with Crippen molar-refractivity contribution in [2.75, 3.05) is 39.3 Å². The largest absolute Gasteiger partial charge is 0.357 e. The quantitative estimate of drug-likeness (QED) is 0.224. The highest BCUT2D eigenvalue weighted by Gasteiger charge is 2.22. The Labute approximate surface area is 198 Å². The number of benzene rings is 1. The van der Waals surface area contributed by atoms with E-state index in [4.69, 9.17) is 4.99 Å². The minimum atomic E-state index is 0. The van der Waals surface area contributed by atoms with E-state index in [2.05, 4.69) is 52.8 Å². The number of halogens is 1. The predicted molar refractivity (Wildman–Crippen MR) is 134 cm³/mol. The van der Waals surface area contributed by atoms with Gasteiger partial charge < -0.3 is 15.5 Å². The predicted octanol–water partition coefficient (Wildman–Crippen LogP) is 3.23. The minimum Gasteiger partial charge on any atom is -0.357 e. The summed E-state index contributed by atoms with van der Waals surface area (Å²) in [5.74, 6) is 1.20. The van der Waals surface area contributed by atoms with Gasteiger partial charge in [-0.25, -0.2) is 0 Å². The number of hydrogen-bond donors (Lipinski definition) is 2. The molecule has 2 heterocycles. The molecule has 2 aliphatic heterocycles. The van der Waals surface area contributed by atoms with Crippen molar-refractivity contribution in [1.82, 2.24) is 20.4 Å². The van der Waals surface area contributed by atoms with Crippen LogP contribution in [0.15, 0.2) is 35.3 Å². The standard InChI is InChI=1S/C23H37N5O.HI/c1-2-24-23(25-14-9-17-27-16-8-13-22(27)29)26-18-21-12-6-7-15-28(21)19-20-10-4-3-5-11-20;/h3-5,10-11,21H,2,6-9,12-19H2,1H3,(H2,24,25,26);1H. The molecule has 0 aliphatic carbocycles. The summed E-state index contributed by atoms with van der Waals surface area (Å²) in [6.07, 6.45) is 6.47. The zero-order chi connectivity index (χ0) is 20.3. The molecule has 168 valence electrons. The number of guanidine groups is 1. The molecule has 1 unspecified atom stereocenters. The zero-order valence-corrected chi connectivity index (χ0v) is 20.6. The van der Waals surface area contributed by atoms with Gasteiger partial charge in [-0.05, 0) is 44.7 Å². The van der Waals surface area contributed by atoms with Gasteiger partial charge in [0.25, 0.3) is 0 Å². The lowest BCUT2D eigenvalue weighted by atomic mass is 10.0. The number of likely N-dealkylation sites (tertiary alicyclic amines) is 2. The molecule has 1 aromatic carbocycles. The fourth-order valence-electron chi connectivity index (χ4n) is 4.25. The molecule has 2 fully saturated rings. The van der Waals surface area contributed by atoms with Crippen molar-refractivity contribution in [2.45, 2.75) is 58.0 Å². The minimum absolute atomic E-state index is 0. The number of amides is 1. The van der Waals surface area contributed by atoms with Gasteiger partial charge in [-0.3, -0.25) is 14.7 Å². The molecule has 2 N–H and O–H groups in total. The average Bonchev–Trinajstić information content (AvgIpc) is 3.15. The second-order valence-electron chi connectivity index (χ2n) is 8.09. The first-order valence-corrected chi connectivity index (χ1v) is 11.3. The van der Waals surface area contributed by atoms with Gasteiger partial charge in [0.15, 0.2) is 5.96 Å². The van der Waals surface area contributed by atoms with E-state index in [0.717, 1.165) is 71.0 Å². The van der Waals surface area contributed by atoms with Gasteiger partial charge in [0.2, 0.25) is 5.91 Å². The molecule has 7 heteroatoms. The van der Waals surface area contributed by atoms with Crippen molar-refractivity contribution >= 4 is 35.8 Å². The molecule has 1 aromatic rings. The molecule has 30 heavy (non-hydrogen) atoms. The number of rotatable bonds is 9. The van der Waals surface area contributed by atoms with E-state index in [9.17, 15) is 4.79 Å². The summed E-state index contributed by atoms with van der Waals surface area (Å²) in [4.78, 5) is 21.2. The van der Waals surface area contributed by atoms with Gasteiger partial charge in [0.1, 0.15) is 0 Å². The SMILES string of the molecule is CCNC(=NCC1CCCCN1Cc1ccccc1)NCCCN1CCCC1=O.I. The summed E-state index contributed by atoms with van der Waals surface area (Å²) in [7, 11) is 0. The Kier molecular flexibility index (Phi) is 11.5. The Bertz CT molecular complexity index is 654. The molecule has 0 aromatic heterocycles. The van der Waals surface area contributed by atoms with Gasteiger partial charge in [0, 0.05) is 45.2 Å². The average molecular weight is 527 g/mol. The summed E-state index contributed by atoms with van der Waals surface area (Å²) in [5, 5.41) is 6.81. The highest BCUT2D eigenvalue weighted by Crippen LogP contribution is 2.20. The Morgan fingerprint density at radius 3 is 2.70 bits per heavy atom. The third kappa shape index (κ3) is 8.06. The van der Waals surface area contributed by atoms with Crippen LogP contribution in [0.3, 0.4) is 0 Å². The third-order valence-electron chi connectivity index (χ3n) is 5.85. The van der Waals surface area contributed by atoms with Crippen LogP contribution in [0.1, 0.15) is 51.0 Å². The van der Waals surface area contributed by atoms with Crippen LogP contribution in [-0.4, -0.2) is 67.0 Å². The molecule has 6 nitrogen and oxygen atoms in total. The van der Waals surface area contributed by atoms with Crippen LogP contribution in [0.5, 0.6) is 0 Å². The molecule has 1 amide bonds. The van der Waals surface area contributed by atoms with Crippen molar-refractivity contribution in [2.24, 2.45) is 4.99 Å². The summed E-state index contributed by atoms with van der Waals surface area (Å²) in [6, 6.07) is 11.2. The molecular formula is C23H38IN5O. The molecule has 2 aliphatic rings. The molecule has 2 saturated heterocycles. The zero-order valence-electron chi connectivity index (χ0n) is 18.3. The highest BCUT2D eigenvalue weighted by atomic mass is 127. The van der Waals surface area contributed by atoms with E-state index in [-0.39, 0.29) is 24.0 Å². The Morgan fingerprint density at radius 1 is 1.13 bits per heavy atom. The second-order valence-corrected chi connectivity index (χ2v) is 8.09. The lowest BCUT2D eigenvalue weighted by molar-refractivity contribution is -0.127. The smallest absolute Gasteiger partial charge is 0.222 e. The first kappa shape index (κ1) is 24.9. The van der Waals surface area contributed by atoms with Crippen LogP contribution in [-0.2, 0) is 11.3 Å². The summed E-state index contributed by atoms with van der Waals surface area (Å²) >= 11 is 0. The molecule has 0 saturated carbocycles. The Hall–Kier alpha value is -1.35. The van der Waals surface area contributed by atoms with Crippen LogP contribution in [0.4, 0.5) is 0 Å². The Morgan fingerprint density at radius 2 is 1.97 bits per heavy atom. The number of hydrogen-bond acceptors (Lipinski definition) is 3. The van der Waals surface area contributed by atoms with E-state index in [1.54, 1.807) is 0 Å². The summed E-state index contributed by atoms with van der Waals surface area (Å²) in [5.41, 5.74) is 1.38. The molecular weight excluding hydrogens is 489 g/mol. The van der Waals surface area contributed by atoms with E-state index < -0.39 is 0 Å². The van der Waals surface area contributed by atoms with Crippen LogP contribution < -0.4 is 10.6 Å². The lowest BCUT2D eigenvalue weighted by Crippen LogP contribution is -2.43. The Balaban J connectivity index is 0.00000320. The van der Waals surface area contributed by atoms with Crippen molar-refractivity contribution in [3.05, 3.63) is 35.9 Å². The summed E-state index contributed by atoms with van der Waals surface area (Å²) in [6.45, 7) is 8.56. The van der Waals surface area contributed by atoms with Crippen LogP contribution in [0.25, 0.3) is 0 Å². The monoisotopic (exact) mass is 527 g/mol. The molecule has 0 spiro atoms. The van der Waals surface area contributed by atoms with E-state index in [1.807, 2.05) is 4.90 Å². The number of aliphatic imine (C=N–C) groups is 1. The van der Waals surface area contributed by atoms with Crippen LogP contribution in [0, 0.1) is 0 Å². The fourth-order valence-corrected chi connectivity index (χ4v) is 4.25. The maximum atomic E-state index is 11.7. The molecule has 0 radical (unpaired) electrons. The van der Waals surface area contributed by atoms with Crippen molar-refractivity contribution in [1.29, 1.82) is 0 Å². The normalized spacial score (nSPS) is 20.2. The van der Waals surface area contributed by atoms with Gasteiger partial charge in [-0.15, -0.1) is 24.0 Å². The lowest BCUT2D eigenvalue weighted by Gasteiger charge is -2.35. The van der Waals surface area contributed by atoms with Crippen molar-refractivity contribution in [3.8, 4) is 0 Å². The topological polar surface area (TPSA) is 60.0 Å². The van der Waals surface area contributed by atoms with Gasteiger partial charge in [-0.1, -0.05) is 36.8 Å². The molecule has 0 bridgehead atoms. The van der Waals surface area contributed by atoms with Crippen LogP contribution in [0.2, 0.25) is 0 Å². The number of nitrogens with zero attached hydrogens (tertiary/aromatic N) is 3. The number of nitrogens with one attached hydrogen (secondary N) is 2.